The number of rotatable bonds is 5. The van der Waals surface area contributed by atoms with Crippen molar-refractivity contribution in [1.82, 2.24) is 10.2 Å². The van der Waals surface area contributed by atoms with Gasteiger partial charge >= 0.3 is 0 Å². The summed E-state index contributed by atoms with van der Waals surface area (Å²) in [6.07, 6.45) is 2.49. The topological polar surface area (TPSA) is 53.9 Å². The van der Waals surface area contributed by atoms with Crippen molar-refractivity contribution in [3.05, 3.63) is 33.8 Å². The van der Waals surface area contributed by atoms with E-state index < -0.39 is 0 Å². The number of halogens is 2. The van der Waals surface area contributed by atoms with Crippen LogP contribution in [0.1, 0.15) is 30.1 Å². The maximum Gasteiger partial charge on any atom is 0.291 e. The molecule has 5 nitrogen and oxygen atoms in total. The Kier molecular flexibility index (Phi) is 7.15. The average molecular weight is 358 g/mol. The Labute approximate surface area is 146 Å². The molecule has 0 unspecified atom stereocenters. The number of amides is 1. The molecule has 1 aliphatic rings. The van der Waals surface area contributed by atoms with E-state index in [1.807, 2.05) is 6.92 Å². The van der Waals surface area contributed by atoms with Gasteiger partial charge in [-0.15, -0.1) is 0 Å². The number of hydrogen-bond acceptors (Lipinski definition) is 4. The molecule has 0 spiro atoms. The minimum atomic E-state index is -0.322. The number of carbonyl (C=O) groups excluding carboxylic acids is 1. The molecular weight excluding hydrogens is 337 g/mol. The molecule has 0 aromatic heterocycles. The standard InChI is InChI=1S/C16H21Cl2N3O2/c1-2-23-16(19-7-10-21-8-3-4-9-21)20-15(22)12-5-6-13(17)14(18)11-12/h5-6,11H,2-4,7-10H2,1H3,(H,19,20,22). The van der Waals surface area contributed by atoms with Crippen LogP contribution in [0.5, 0.6) is 0 Å². The fourth-order valence-corrected chi connectivity index (χ4v) is 2.66. The van der Waals surface area contributed by atoms with Crippen LogP contribution in [0.2, 0.25) is 10.0 Å². The van der Waals surface area contributed by atoms with Gasteiger partial charge in [-0.25, -0.2) is 4.99 Å². The second-order valence-electron chi connectivity index (χ2n) is 5.25. The zero-order chi connectivity index (χ0) is 16.7. The molecular formula is C16H21Cl2N3O2. The van der Waals surface area contributed by atoms with Crippen LogP contribution in [0.15, 0.2) is 23.2 Å². The summed E-state index contributed by atoms with van der Waals surface area (Å²) < 4.78 is 5.39. The first-order valence-corrected chi connectivity index (χ1v) is 8.51. The van der Waals surface area contributed by atoms with Crippen LogP contribution in [0.4, 0.5) is 0 Å². The highest BCUT2D eigenvalue weighted by Crippen LogP contribution is 2.22. The molecule has 0 aliphatic carbocycles. The number of aliphatic imine (C=N–C) groups is 1. The molecule has 126 valence electrons. The molecule has 0 atom stereocenters. The molecule has 1 fully saturated rings. The maximum atomic E-state index is 12.2. The number of likely N-dealkylation sites (tertiary alicyclic amines) is 1. The molecule has 0 radical (unpaired) electrons. The number of hydrogen-bond donors (Lipinski definition) is 1. The first-order valence-electron chi connectivity index (χ1n) is 7.76. The molecule has 1 amide bonds. The minimum absolute atomic E-state index is 0.239. The van der Waals surface area contributed by atoms with E-state index in [0.717, 1.165) is 19.6 Å². The largest absolute Gasteiger partial charge is 0.465 e. The van der Waals surface area contributed by atoms with Crippen molar-refractivity contribution >= 4 is 35.1 Å². The summed E-state index contributed by atoms with van der Waals surface area (Å²) >= 11 is 11.8. The molecule has 1 aromatic rings. The van der Waals surface area contributed by atoms with E-state index in [9.17, 15) is 4.79 Å². The molecule has 0 bridgehead atoms. The Bertz CT molecular complexity index is 572. The van der Waals surface area contributed by atoms with E-state index in [2.05, 4.69) is 15.2 Å². The summed E-state index contributed by atoms with van der Waals surface area (Å²) in [4.78, 5) is 18.9. The summed E-state index contributed by atoms with van der Waals surface area (Å²) in [5.41, 5.74) is 0.409. The van der Waals surface area contributed by atoms with Crippen LogP contribution >= 0.6 is 23.2 Å². The van der Waals surface area contributed by atoms with Crippen LogP contribution in [0.25, 0.3) is 0 Å². The van der Waals surface area contributed by atoms with Gasteiger partial charge in [0.2, 0.25) is 0 Å². The predicted molar refractivity (Wildman–Crippen MR) is 93.5 cm³/mol. The van der Waals surface area contributed by atoms with E-state index in [0.29, 0.717) is 28.8 Å². The van der Waals surface area contributed by atoms with Gasteiger partial charge in [0.15, 0.2) is 0 Å². The average Bonchev–Trinajstić information content (AvgIpc) is 3.03. The normalized spacial score (nSPS) is 15.7. The van der Waals surface area contributed by atoms with Crippen LogP contribution in [-0.4, -0.2) is 49.6 Å². The second kappa shape index (κ2) is 9.11. The van der Waals surface area contributed by atoms with Gasteiger partial charge in [-0.05, 0) is 51.1 Å². The molecule has 0 saturated carbocycles. The van der Waals surface area contributed by atoms with Gasteiger partial charge in [0.1, 0.15) is 0 Å². The van der Waals surface area contributed by atoms with Crippen LogP contribution in [-0.2, 0) is 4.74 Å². The van der Waals surface area contributed by atoms with Crippen molar-refractivity contribution in [2.45, 2.75) is 19.8 Å². The van der Waals surface area contributed by atoms with Gasteiger partial charge in [0, 0.05) is 12.1 Å². The smallest absolute Gasteiger partial charge is 0.291 e. The monoisotopic (exact) mass is 357 g/mol. The molecule has 1 aliphatic heterocycles. The van der Waals surface area contributed by atoms with Crippen molar-refractivity contribution in [2.75, 3.05) is 32.8 Å². The molecule has 23 heavy (non-hydrogen) atoms. The number of nitrogens with one attached hydrogen (secondary N) is 1. The number of ether oxygens (including phenoxy) is 1. The zero-order valence-electron chi connectivity index (χ0n) is 13.1. The minimum Gasteiger partial charge on any atom is -0.465 e. The van der Waals surface area contributed by atoms with Crippen molar-refractivity contribution in [2.24, 2.45) is 4.99 Å². The van der Waals surface area contributed by atoms with Gasteiger partial charge < -0.3 is 9.64 Å². The SMILES string of the molecule is CCOC(=NCCN1CCCC1)NC(=O)c1ccc(Cl)c(Cl)c1. The van der Waals surface area contributed by atoms with Gasteiger partial charge in [-0.2, -0.15) is 0 Å². The fraction of sp³-hybridized carbons (Fsp3) is 0.500. The van der Waals surface area contributed by atoms with E-state index in [1.165, 1.54) is 18.9 Å². The van der Waals surface area contributed by atoms with Crippen molar-refractivity contribution in [1.29, 1.82) is 0 Å². The Balaban J connectivity index is 1.93. The number of nitrogens with zero attached hydrogens (tertiary/aromatic N) is 2. The summed E-state index contributed by atoms with van der Waals surface area (Å²) in [6, 6.07) is 4.95. The number of amidine groups is 1. The maximum absolute atomic E-state index is 12.2. The Morgan fingerprint density at radius 1 is 1.30 bits per heavy atom. The molecule has 1 aromatic carbocycles. The molecule has 7 heteroatoms. The molecule has 2 rings (SSSR count). The van der Waals surface area contributed by atoms with Gasteiger partial charge in [-0.3, -0.25) is 10.1 Å². The lowest BCUT2D eigenvalue weighted by molar-refractivity contribution is 0.0966. The third-order valence-electron chi connectivity index (χ3n) is 3.55. The van der Waals surface area contributed by atoms with E-state index in [4.69, 9.17) is 27.9 Å². The third-order valence-corrected chi connectivity index (χ3v) is 4.29. The number of carbonyl (C=O) groups is 1. The quantitative estimate of drug-likeness (QED) is 0.650. The summed E-state index contributed by atoms with van der Waals surface area (Å²) in [5.74, 6) is -0.322. The Hall–Kier alpha value is -1.30. The van der Waals surface area contributed by atoms with Crippen LogP contribution in [0, 0.1) is 0 Å². The van der Waals surface area contributed by atoms with Crippen molar-refractivity contribution in [3.63, 3.8) is 0 Å². The molecule has 1 heterocycles. The lowest BCUT2D eigenvalue weighted by Gasteiger charge is -2.13. The summed E-state index contributed by atoms with van der Waals surface area (Å²) in [7, 11) is 0. The van der Waals surface area contributed by atoms with Crippen LogP contribution in [0.3, 0.4) is 0 Å². The number of benzene rings is 1. The highest BCUT2D eigenvalue weighted by atomic mass is 35.5. The lowest BCUT2D eigenvalue weighted by atomic mass is 10.2. The predicted octanol–water partition coefficient (Wildman–Crippen LogP) is 3.21. The van der Waals surface area contributed by atoms with E-state index in [-0.39, 0.29) is 11.9 Å². The highest BCUT2D eigenvalue weighted by molar-refractivity contribution is 6.42. The van der Waals surface area contributed by atoms with Gasteiger partial charge in [0.05, 0.1) is 23.2 Å². The van der Waals surface area contributed by atoms with Gasteiger partial charge in [-0.1, -0.05) is 23.2 Å². The third kappa shape index (κ3) is 5.68. The van der Waals surface area contributed by atoms with Crippen molar-refractivity contribution in [3.8, 4) is 0 Å². The highest BCUT2D eigenvalue weighted by Gasteiger charge is 2.13. The lowest BCUT2D eigenvalue weighted by Crippen LogP contribution is -2.33. The Morgan fingerprint density at radius 3 is 2.70 bits per heavy atom. The van der Waals surface area contributed by atoms with Crippen LogP contribution < -0.4 is 5.32 Å². The second-order valence-corrected chi connectivity index (χ2v) is 6.07. The molecule has 1 saturated heterocycles. The fourth-order valence-electron chi connectivity index (χ4n) is 2.36. The Morgan fingerprint density at radius 2 is 2.04 bits per heavy atom. The van der Waals surface area contributed by atoms with E-state index in [1.54, 1.807) is 12.1 Å². The summed E-state index contributed by atoms with van der Waals surface area (Å²) in [6.45, 7) is 5.99. The first-order chi connectivity index (χ1) is 11.1. The zero-order valence-corrected chi connectivity index (χ0v) is 14.7. The first kappa shape index (κ1) is 18.0. The molecule has 1 N–H and O–H groups in total. The van der Waals surface area contributed by atoms with E-state index >= 15 is 0 Å². The van der Waals surface area contributed by atoms with Crippen molar-refractivity contribution < 1.29 is 9.53 Å². The summed E-state index contributed by atoms with van der Waals surface area (Å²) in [5, 5.41) is 3.42. The van der Waals surface area contributed by atoms with Gasteiger partial charge in [0.25, 0.3) is 11.9 Å².